The number of piperidine rings is 1. The van der Waals surface area contributed by atoms with Crippen molar-refractivity contribution in [2.24, 2.45) is 5.73 Å². The first-order valence-corrected chi connectivity index (χ1v) is 3.28. The van der Waals surface area contributed by atoms with Gasteiger partial charge in [-0.25, -0.2) is 0 Å². The summed E-state index contributed by atoms with van der Waals surface area (Å²) in [7, 11) is 0. The van der Waals surface area contributed by atoms with Gasteiger partial charge in [0.1, 0.15) is 0 Å². The molecule has 1 heterocycles. The fraction of sp³-hybridized carbons (Fsp3) is 0.833. The molecule has 3 nitrogen and oxygen atoms in total. The molecule has 0 radical (unpaired) electrons. The van der Waals surface area contributed by atoms with E-state index in [4.69, 9.17) is 5.73 Å². The molecule has 1 fully saturated rings. The van der Waals surface area contributed by atoms with Crippen molar-refractivity contribution >= 4 is 6.41 Å². The van der Waals surface area contributed by atoms with E-state index in [1.54, 1.807) is 4.90 Å². The van der Waals surface area contributed by atoms with Crippen molar-refractivity contribution in [3.8, 4) is 0 Å². The zero-order chi connectivity index (χ0) is 6.69. The largest absolute Gasteiger partial charge is 0.344 e. The van der Waals surface area contributed by atoms with E-state index < -0.39 is 0 Å². The molecule has 0 spiro atoms. The van der Waals surface area contributed by atoms with Gasteiger partial charge in [0, 0.05) is 19.1 Å². The maximum Gasteiger partial charge on any atom is 0.209 e. The molecule has 0 bridgehead atoms. The lowest BCUT2D eigenvalue weighted by molar-refractivity contribution is -0.119. The lowest BCUT2D eigenvalue weighted by Gasteiger charge is -2.26. The number of hydrogen-bond donors (Lipinski definition) is 1. The minimum atomic E-state index is 0.212. The van der Waals surface area contributed by atoms with Crippen molar-refractivity contribution in [2.75, 3.05) is 13.1 Å². The summed E-state index contributed by atoms with van der Waals surface area (Å²) in [5.74, 6) is 0. The Hall–Kier alpha value is -0.570. The Morgan fingerprint density at radius 2 is 2.44 bits per heavy atom. The van der Waals surface area contributed by atoms with Gasteiger partial charge in [0.15, 0.2) is 0 Å². The summed E-state index contributed by atoms with van der Waals surface area (Å²) in [6, 6.07) is 0.212. The number of carbonyl (C=O) groups is 1. The van der Waals surface area contributed by atoms with E-state index in [1.807, 2.05) is 0 Å². The van der Waals surface area contributed by atoms with Crippen LogP contribution in [0, 0.1) is 0 Å². The molecule has 1 atom stereocenters. The van der Waals surface area contributed by atoms with E-state index >= 15 is 0 Å². The van der Waals surface area contributed by atoms with Crippen molar-refractivity contribution in [2.45, 2.75) is 18.9 Å². The second-order valence-electron chi connectivity index (χ2n) is 2.50. The van der Waals surface area contributed by atoms with Crippen LogP contribution in [-0.4, -0.2) is 30.4 Å². The van der Waals surface area contributed by atoms with Gasteiger partial charge in [0.2, 0.25) is 6.41 Å². The Balaban J connectivity index is 2.31. The van der Waals surface area contributed by atoms with Crippen molar-refractivity contribution in [1.29, 1.82) is 0 Å². The van der Waals surface area contributed by atoms with Gasteiger partial charge >= 0.3 is 0 Å². The number of nitrogens with zero attached hydrogens (tertiary/aromatic N) is 1. The molecule has 1 aliphatic rings. The van der Waals surface area contributed by atoms with Crippen molar-refractivity contribution in [3.63, 3.8) is 0 Å². The molecule has 1 saturated heterocycles. The highest BCUT2D eigenvalue weighted by Crippen LogP contribution is 2.04. The standard InChI is InChI=1S/C6H12N2O/c7-6-2-1-3-8(4-6)5-9/h5-6H,1-4,7H2. The lowest BCUT2D eigenvalue weighted by Crippen LogP contribution is -2.41. The second kappa shape index (κ2) is 2.82. The molecule has 1 rings (SSSR count). The van der Waals surface area contributed by atoms with Crippen molar-refractivity contribution in [3.05, 3.63) is 0 Å². The Morgan fingerprint density at radius 1 is 1.67 bits per heavy atom. The van der Waals surface area contributed by atoms with Crippen molar-refractivity contribution < 1.29 is 4.79 Å². The van der Waals surface area contributed by atoms with E-state index in [1.165, 1.54) is 0 Å². The topological polar surface area (TPSA) is 46.3 Å². The molecule has 0 saturated carbocycles. The third kappa shape index (κ3) is 1.68. The first-order chi connectivity index (χ1) is 4.33. The molecule has 9 heavy (non-hydrogen) atoms. The molecule has 1 amide bonds. The van der Waals surface area contributed by atoms with Crippen LogP contribution < -0.4 is 5.73 Å². The maximum atomic E-state index is 10.2. The molecule has 0 aromatic heterocycles. The van der Waals surface area contributed by atoms with Gasteiger partial charge < -0.3 is 10.6 Å². The third-order valence-corrected chi connectivity index (χ3v) is 1.64. The highest BCUT2D eigenvalue weighted by atomic mass is 16.1. The predicted octanol–water partition coefficient (Wildman–Crippen LogP) is -0.434. The van der Waals surface area contributed by atoms with E-state index in [-0.39, 0.29) is 6.04 Å². The minimum absolute atomic E-state index is 0.212. The van der Waals surface area contributed by atoms with Gasteiger partial charge in [0.05, 0.1) is 0 Å². The summed E-state index contributed by atoms with van der Waals surface area (Å²) in [4.78, 5) is 11.9. The zero-order valence-corrected chi connectivity index (χ0v) is 5.42. The normalized spacial score (nSPS) is 28.1. The quantitative estimate of drug-likeness (QED) is 0.487. The number of likely N-dealkylation sites (tertiary alicyclic amines) is 1. The molecule has 0 aromatic rings. The average Bonchev–Trinajstić information content (AvgIpc) is 1.88. The summed E-state index contributed by atoms with van der Waals surface area (Å²) in [5.41, 5.74) is 5.60. The van der Waals surface area contributed by atoms with Crippen LogP contribution in [0.15, 0.2) is 0 Å². The molecule has 52 valence electrons. The number of amides is 1. The summed E-state index contributed by atoms with van der Waals surface area (Å²) in [5, 5.41) is 0. The van der Waals surface area contributed by atoms with Crippen LogP contribution in [0.3, 0.4) is 0 Å². The molecular formula is C6H12N2O. The Kier molecular flexibility index (Phi) is 2.05. The smallest absolute Gasteiger partial charge is 0.209 e. The molecule has 0 aromatic carbocycles. The van der Waals surface area contributed by atoms with Crippen LogP contribution in [0.25, 0.3) is 0 Å². The van der Waals surface area contributed by atoms with E-state index in [0.717, 1.165) is 32.3 Å². The highest BCUT2D eigenvalue weighted by molar-refractivity contribution is 5.47. The van der Waals surface area contributed by atoms with E-state index in [0.29, 0.717) is 0 Å². The molecule has 1 aliphatic heterocycles. The van der Waals surface area contributed by atoms with Gasteiger partial charge in [0.25, 0.3) is 0 Å². The Labute approximate surface area is 54.8 Å². The number of nitrogens with two attached hydrogens (primary N) is 1. The van der Waals surface area contributed by atoms with Crippen LogP contribution in [-0.2, 0) is 4.79 Å². The summed E-state index contributed by atoms with van der Waals surface area (Å²) in [6.45, 7) is 1.63. The fourth-order valence-corrected chi connectivity index (χ4v) is 1.14. The van der Waals surface area contributed by atoms with Crippen LogP contribution in [0.4, 0.5) is 0 Å². The van der Waals surface area contributed by atoms with Crippen LogP contribution in [0.1, 0.15) is 12.8 Å². The molecule has 0 aliphatic carbocycles. The fourth-order valence-electron chi connectivity index (χ4n) is 1.14. The average molecular weight is 128 g/mol. The Bertz CT molecular complexity index is 105. The molecule has 1 unspecified atom stereocenters. The van der Waals surface area contributed by atoms with E-state index in [9.17, 15) is 4.79 Å². The maximum absolute atomic E-state index is 10.2. The Morgan fingerprint density at radius 3 is 2.89 bits per heavy atom. The summed E-state index contributed by atoms with van der Waals surface area (Å²) >= 11 is 0. The number of carbonyl (C=O) groups excluding carboxylic acids is 1. The third-order valence-electron chi connectivity index (χ3n) is 1.64. The van der Waals surface area contributed by atoms with Gasteiger partial charge in [-0.1, -0.05) is 0 Å². The zero-order valence-electron chi connectivity index (χ0n) is 5.42. The SMILES string of the molecule is NC1CCCN(C=O)C1. The van der Waals surface area contributed by atoms with Gasteiger partial charge in [-0.2, -0.15) is 0 Å². The van der Waals surface area contributed by atoms with Crippen LogP contribution >= 0.6 is 0 Å². The first kappa shape index (κ1) is 6.55. The molecule has 3 heteroatoms. The van der Waals surface area contributed by atoms with E-state index in [2.05, 4.69) is 0 Å². The summed E-state index contributed by atoms with van der Waals surface area (Å²) < 4.78 is 0. The number of rotatable bonds is 1. The summed E-state index contributed by atoms with van der Waals surface area (Å²) in [6.07, 6.45) is 2.99. The predicted molar refractivity (Wildman–Crippen MR) is 34.8 cm³/mol. The molecule has 2 N–H and O–H groups in total. The lowest BCUT2D eigenvalue weighted by atomic mass is 10.1. The first-order valence-electron chi connectivity index (χ1n) is 3.28. The minimum Gasteiger partial charge on any atom is -0.344 e. The van der Waals surface area contributed by atoms with Gasteiger partial charge in [-0.15, -0.1) is 0 Å². The van der Waals surface area contributed by atoms with Gasteiger partial charge in [-0.3, -0.25) is 4.79 Å². The van der Waals surface area contributed by atoms with Gasteiger partial charge in [-0.05, 0) is 12.8 Å². The number of hydrogen-bond acceptors (Lipinski definition) is 2. The van der Waals surface area contributed by atoms with Crippen molar-refractivity contribution in [1.82, 2.24) is 4.90 Å². The monoisotopic (exact) mass is 128 g/mol. The molecular weight excluding hydrogens is 116 g/mol. The second-order valence-corrected chi connectivity index (χ2v) is 2.50. The van der Waals surface area contributed by atoms with Crippen LogP contribution in [0.5, 0.6) is 0 Å². The van der Waals surface area contributed by atoms with Crippen LogP contribution in [0.2, 0.25) is 0 Å². The highest BCUT2D eigenvalue weighted by Gasteiger charge is 2.13.